The zero-order valence-corrected chi connectivity index (χ0v) is 45.0. The van der Waals surface area contributed by atoms with Crippen molar-refractivity contribution in [2.45, 2.75) is 71.6 Å². The summed E-state index contributed by atoms with van der Waals surface area (Å²) < 4.78 is 67.6. The summed E-state index contributed by atoms with van der Waals surface area (Å²) >= 11 is 0. The third-order valence-electron chi connectivity index (χ3n) is 14.0. The van der Waals surface area contributed by atoms with Gasteiger partial charge in [-0.25, -0.2) is 19.2 Å². The lowest BCUT2D eigenvalue weighted by Gasteiger charge is -2.39. The fourth-order valence-corrected chi connectivity index (χ4v) is 8.62. The lowest BCUT2D eigenvalue weighted by atomic mass is 9.84. The molecule has 4 aromatic carbocycles. The number of ether oxygens (including phenoxy) is 12. The summed E-state index contributed by atoms with van der Waals surface area (Å²) in [4.78, 5) is 81.6. The van der Waals surface area contributed by atoms with Crippen LogP contribution in [0.1, 0.15) is 113 Å². The van der Waals surface area contributed by atoms with Crippen molar-refractivity contribution in [2.24, 2.45) is 22.7 Å². The summed E-state index contributed by atoms with van der Waals surface area (Å²) in [5, 5.41) is 0. The first-order valence-corrected chi connectivity index (χ1v) is 26.8. The topological polar surface area (TPSA) is 213 Å². The Labute approximate surface area is 460 Å². The first kappa shape index (κ1) is 59.3. The van der Waals surface area contributed by atoms with Crippen LogP contribution in [0.3, 0.4) is 0 Å². The van der Waals surface area contributed by atoms with Gasteiger partial charge in [-0.15, -0.1) is 13.2 Å². The highest BCUT2D eigenvalue weighted by molar-refractivity contribution is 5.98. The summed E-state index contributed by atoms with van der Waals surface area (Å²) in [6.07, 6.45) is 8.64. The molecule has 0 radical (unpaired) electrons. The van der Waals surface area contributed by atoms with Gasteiger partial charge in [-0.05, 0) is 143 Å². The van der Waals surface area contributed by atoms with E-state index in [1.807, 2.05) is 13.8 Å². The van der Waals surface area contributed by atoms with E-state index in [0.29, 0.717) is 90.4 Å². The quantitative estimate of drug-likeness (QED) is 0.0192. The molecule has 0 N–H and O–H groups in total. The lowest BCUT2D eigenvalue weighted by Crippen LogP contribution is -2.46. The number of hydrogen-bond donors (Lipinski definition) is 0. The molecule has 3 fully saturated rings. The molecular formula is C61H70O18. The largest absolute Gasteiger partial charge is 0.494 e. The maximum atomic E-state index is 13.7. The Bertz CT molecular complexity index is 2530. The van der Waals surface area contributed by atoms with Crippen molar-refractivity contribution in [3.05, 3.63) is 132 Å². The second-order valence-corrected chi connectivity index (χ2v) is 19.9. The number of esters is 6. The van der Waals surface area contributed by atoms with E-state index in [2.05, 4.69) is 13.2 Å². The van der Waals surface area contributed by atoms with Gasteiger partial charge in [-0.3, -0.25) is 9.59 Å². The summed E-state index contributed by atoms with van der Waals surface area (Å²) in [5.74, 6) is -4.96. The molecule has 18 nitrogen and oxygen atoms in total. The van der Waals surface area contributed by atoms with Crippen molar-refractivity contribution in [3.63, 3.8) is 0 Å². The SMILES string of the molecule is C=CCOCCCCOc1ccc(C(=O)Oc2ccc(OC(=O)C3CC[C@H](C(=O)Oc4ccc(OC(=O)c5ccc(OCCCCOCC=C)cc5)c(C(=O)OCC5(CC)COC5)c4)C3)cc2C(=O)OCC2(CC)COC2)cc1. The highest BCUT2D eigenvalue weighted by Gasteiger charge is 2.41. The van der Waals surface area contributed by atoms with Crippen LogP contribution in [0.2, 0.25) is 0 Å². The predicted octanol–water partition coefficient (Wildman–Crippen LogP) is 9.94. The van der Waals surface area contributed by atoms with E-state index in [1.54, 1.807) is 60.7 Å². The number of rotatable bonds is 32. The van der Waals surface area contributed by atoms with E-state index in [1.165, 1.54) is 36.4 Å². The van der Waals surface area contributed by atoms with Crippen molar-refractivity contribution in [1.82, 2.24) is 0 Å². The molecule has 1 aliphatic carbocycles. The monoisotopic (exact) mass is 1090 g/mol. The zero-order valence-electron chi connectivity index (χ0n) is 45.0. The fraction of sp³-hybridized carbons (Fsp3) is 0.443. The Morgan fingerprint density at radius 2 is 0.886 bits per heavy atom. The summed E-state index contributed by atoms with van der Waals surface area (Å²) in [7, 11) is 0. The van der Waals surface area contributed by atoms with Crippen LogP contribution in [-0.2, 0) is 38.0 Å². The van der Waals surface area contributed by atoms with Crippen LogP contribution in [0.4, 0.5) is 0 Å². The van der Waals surface area contributed by atoms with Gasteiger partial charge in [0.25, 0.3) is 0 Å². The Hall–Kier alpha value is -7.38. The van der Waals surface area contributed by atoms with Gasteiger partial charge in [0.1, 0.15) is 58.8 Å². The zero-order chi connectivity index (χ0) is 56.0. The van der Waals surface area contributed by atoms with Gasteiger partial charge in [0, 0.05) is 13.2 Å². The molecule has 18 heteroatoms. The van der Waals surface area contributed by atoms with E-state index >= 15 is 0 Å². The van der Waals surface area contributed by atoms with Gasteiger partial charge in [0.05, 0.1) is 86.6 Å². The minimum absolute atomic E-state index is 0.0116. The molecule has 7 rings (SSSR count). The van der Waals surface area contributed by atoms with E-state index in [-0.39, 0.29) is 88.6 Å². The minimum atomic E-state index is -0.798. The molecule has 1 saturated carbocycles. The van der Waals surface area contributed by atoms with E-state index in [0.717, 1.165) is 25.7 Å². The number of benzene rings is 4. The minimum Gasteiger partial charge on any atom is -0.494 e. The molecule has 4 aromatic rings. The van der Waals surface area contributed by atoms with Crippen LogP contribution in [0.5, 0.6) is 34.5 Å². The molecule has 0 spiro atoms. The summed E-state index contributed by atoms with van der Waals surface area (Å²) in [5.41, 5.74) is -0.580. The standard InChI is InChI=1S/C61H70O18/c1-5-27-68-29-9-11-31-72-46-19-15-42(16-20-46)54(62)78-52-25-23-48(34-50(52)58(66)74-40-60(7-3)36-70-37-60)76-56(64)44-13-14-45(33-44)57(65)77-49-24-26-53(51(35-49)59(67)75-41-61(8-4)38-71-39-61)79-55(63)43-17-21-47(22-18-43)73-32-12-10-30-69-28-6-2/h5-6,15-26,34-35,44-45H,1-2,7-14,27-33,36-41H2,3-4H3/t44-,45?/m0/s1. The predicted molar refractivity (Wildman–Crippen MR) is 287 cm³/mol. The van der Waals surface area contributed by atoms with Gasteiger partial charge >= 0.3 is 35.8 Å². The van der Waals surface area contributed by atoms with Crippen LogP contribution in [0.15, 0.2) is 110 Å². The molecule has 422 valence electrons. The Morgan fingerprint density at radius 1 is 0.506 bits per heavy atom. The molecule has 0 bridgehead atoms. The molecule has 2 atom stereocenters. The second-order valence-electron chi connectivity index (χ2n) is 19.9. The molecule has 2 aliphatic heterocycles. The van der Waals surface area contributed by atoms with E-state index < -0.39 is 47.7 Å². The molecule has 3 aliphatic rings. The van der Waals surface area contributed by atoms with Crippen molar-refractivity contribution >= 4 is 35.8 Å². The number of carbonyl (C=O) groups is 6. The first-order valence-electron chi connectivity index (χ1n) is 26.8. The smallest absolute Gasteiger partial charge is 0.343 e. The van der Waals surface area contributed by atoms with Crippen molar-refractivity contribution in [1.29, 1.82) is 0 Å². The van der Waals surface area contributed by atoms with Crippen molar-refractivity contribution < 1.29 is 85.6 Å². The maximum absolute atomic E-state index is 13.7. The lowest BCUT2D eigenvalue weighted by molar-refractivity contribution is -0.140. The van der Waals surface area contributed by atoms with Gasteiger partial charge in [0.15, 0.2) is 0 Å². The van der Waals surface area contributed by atoms with Crippen LogP contribution in [-0.4, -0.2) is 115 Å². The van der Waals surface area contributed by atoms with Crippen LogP contribution in [0, 0.1) is 22.7 Å². The van der Waals surface area contributed by atoms with E-state index in [9.17, 15) is 28.8 Å². The maximum Gasteiger partial charge on any atom is 0.343 e. The van der Waals surface area contributed by atoms with Crippen molar-refractivity contribution in [2.75, 3.05) is 79.3 Å². The first-order chi connectivity index (χ1) is 38.4. The third kappa shape index (κ3) is 17.1. The van der Waals surface area contributed by atoms with Gasteiger partial charge in [-0.2, -0.15) is 0 Å². The Kier molecular flexibility index (Phi) is 22.2. The van der Waals surface area contributed by atoms with E-state index in [4.69, 9.17) is 56.8 Å². The van der Waals surface area contributed by atoms with Crippen LogP contribution in [0.25, 0.3) is 0 Å². The second kappa shape index (κ2) is 29.6. The molecule has 2 saturated heterocycles. The van der Waals surface area contributed by atoms with Crippen LogP contribution < -0.4 is 28.4 Å². The van der Waals surface area contributed by atoms with Gasteiger partial charge < -0.3 is 56.8 Å². The number of hydrogen-bond acceptors (Lipinski definition) is 18. The molecule has 0 amide bonds. The highest BCUT2D eigenvalue weighted by Crippen LogP contribution is 2.37. The van der Waals surface area contributed by atoms with Crippen molar-refractivity contribution in [3.8, 4) is 34.5 Å². The highest BCUT2D eigenvalue weighted by atomic mass is 16.6. The molecule has 1 unspecified atom stereocenters. The van der Waals surface area contributed by atoms with Crippen LogP contribution >= 0.6 is 0 Å². The van der Waals surface area contributed by atoms with Gasteiger partial charge in [0.2, 0.25) is 0 Å². The molecular weight excluding hydrogens is 1020 g/mol. The molecule has 2 heterocycles. The average Bonchev–Trinajstić information content (AvgIpc) is 3.98. The molecule has 79 heavy (non-hydrogen) atoms. The number of unbranched alkanes of at least 4 members (excludes halogenated alkanes) is 2. The molecule has 0 aromatic heterocycles. The summed E-state index contributed by atoms with van der Waals surface area (Å²) in [6, 6.07) is 20.8. The van der Waals surface area contributed by atoms with Gasteiger partial charge in [-0.1, -0.05) is 26.0 Å². The Morgan fingerprint density at radius 3 is 1.24 bits per heavy atom. The summed E-state index contributed by atoms with van der Waals surface area (Å²) in [6.45, 7) is 16.1. The average molecular weight is 1090 g/mol. The number of carbonyl (C=O) groups excluding carboxylic acids is 6. The fourth-order valence-electron chi connectivity index (χ4n) is 8.62. The normalized spacial score (nSPS) is 16.7. The third-order valence-corrected chi connectivity index (χ3v) is 14.0. The Balaban J connectivity index is 0.967.